The van der Waals surface area contributed by atoms with Crippen LogP contribution in [0.4, 0.5) is 0 Å². The molecule has 0 spiro atoms. The highest BCUT2D eigenvalue weighted by Crippen LogP contribution is 2.28. The Hall–Kier alpha value is -1.03. The number of nitrogens with zero attached hydrogens (tertiary/aromatic N) is 1. The van der Waals surface area contributed by atoms with Crippen molar-refractivity contribution in [3.05, 3.63) is 12.3 Å². The molecule has 3 N–H and O–H groups in total. The van der Waals surface area contributed by atoms with Gasteiger partial charge in [0.1, 0.15) is 0 Å². The fourth-order valence-corrected chi connectivity index (χ4v) is 1.52. The standard InChI is InChI=1S/C9H16N2O2/c1-9(6-10)3-5-11(7-9)4-2-8(12)13/h2,4H,3,5-7,10H2,1H3,(H,12,13)/b4-2+. The molecule has 1 saturated heterocycles. The Labute approximate surface area is 78.0 Å². The van der Waals surface area contributed by atoms with Crippen molar-refractivity contribution in [3.63, 3.8) is 0 Å². The van der Waals surface area contributed by atoms with Gasteiger partial charge < -0.3 is 15.7 Å². The summed E-state index contributed by atoms with van der Waals surface area (Å²) in [7, 11) is 0. The second kappa shape index (κ2) is 3.79. The van der Waals surface area contributed by atoms with Gasteiger partial charge in [0.05, 0.1) is 0 Å². The van der Waals surface area contributed by atoms with Crippen LogP contribution in [-0.4, -0.2) is 35.6 Å². The van der Waals surface area contributed by atoms with Crippen LogP contribution in [0.1, 0.15) is 13.3 Å². The van der Waals surface area contributed by atoms with Crippen molar-refractivity contribution in [3.8, 4) is 0 Å². The average Bonchev–Trinajstić information content (AvgIpc) is 2.45. The molecule has 4 nitrogen and oxygen atoms in total. The van der Waals surface area contributed by atoms with E-state index in [0.29, 0.717) is 6.54 Å². The molecule has 4 heteroatoms. The minimum absolute atomic E-state index is 0.156. The second-order valence-electron chi connectivity index (χ2n) is 3.89. The molecule has 0 radical (unpaired) electrons. The van der Waals surface area contributed by atoms with E-state index >= 15 is 0 Å². The molecule has 0 bridgehead atoms. The molecule has 13 heavy (non-hydrogen) atoms. The molecule has 1 aliphatic heterocycles. The zero-order valence-electron chi connectivity index (χ0n) is 7.86. The van der Waals surface area contributed by atoms with Crippen LogP contribution in [-0.2, 0) is 4.79 Å². The molecule has 0 aromatic carbocycles. The summed E-state index contributed by atoms with van der Waals surface area (Å²) in [5.74, 6) is -0.902. The first-order valence-corrected chi connectivity index (χ1v) is 4.41. The SMILES string of the molecule is CC1(CN)CCN(/C=C/C(=O)O)C1. The second-order valence-corrected chi connectivity index (χ2v) is 3.89. The molecule has 0 amide bonds. The Morgan fingerprint density at radius 1 is 1.77 bits per heavy atom. The first-order valence-electron chi connectivity index (χ1n) is 4.41. The van der Waals surface area contributed by atoms with Crippen molar-refractivity contribution >= 4 is 5.97 Å². The maximum Gasteiger partial charge on any atom is 0.329 e. The van der Waals surface area contributed by atoms with Gasteiger partial charge in [-0.25, -0.2) is 4.79 Å². The van der Waals surface area contributed by atoms with Crippen LogP contribution >= 0.6 is 0 Å². The van der Waals surface area contributed by atoms with Gasteiger partial charge in [0.2, 0.25) is 0 Å². The van der Waals surface area contributed by atoms with Crippen LogP contribution < -0.4 is 5.73 Å². The van der Waals surface area contributed by atoms with Gasteiger partial charge >= 0.3 is 5.97 Å². The number of carbonyl (C=O) groups is 1. The summed E-state index contributed by atoms with van der Waals surface area (Å²) in [4.78, 5) is 12.2. The zero-order chi connectivity index (χ0) is 9.90. The molecular weight excluding hydrogens is 168 g/mol. The number of carboxylic acids is 1. The minimum Gasteiger partial charge on any atom is -0.478 e. The highest BCUT2D eigenvalue weighted by Gasteiger charge is 2.30. The van der Waals surface area contributed by atoms with E-state index in [2.05, 4.69) is 6.92 Å². The molecule has 0 aromatic rings. The van der Waals surface area contributed by atoms with Crippen molar-refractivity contribution in [1.82, 2.24) is 4.90 Å². The maximum atomic E-state index is 10.2. The fourth-order valence-electron chi connectivity index (χ4n) is 1.52. The summed E-state index contributed by atoms with van der Waals surface area (Å²) in [6.07, 6.45) is 3.83. The van der Waals surface area contributed by atoms with E-state index in [9.17, 15) is 4.79 Å². The highest BCUT2D eigenvalue weighted by atomic mass is 16.4. The lowest BCUT2D eigenvalue weighted by atomic mass is 9.90. The molecule has 1 rings (SSSR count). The van der Waals surface area contributed by atoms with Crippen LogP contribution in [0.15, 0.2) is 12.3 Å². The van der Waals surface area contributed by atoms with Crippen LogP contribution in [0, 0.1) is 5.41 Å². The molecule has 1 fully saturated rings. The van der Waals surface area contributed by atoms with Gasteiger partial charge in [0.25, 0.3) is 0 Å². The Bertz CT molecular complexity index is 228. The molecule has 0 aliphatic carbocycles. The summed E-state index contributed by atoms with van der Waals surface area (Å²) >= 11 is 0. The van der Waals surface area contributed by atoms with Crippen molar-refractivity contribution in [1.29, 1.82) is 0 Å². The van der Waals surface area contributed by atoms with Gasteiger partial charge in [-0.3, -0.25) is 0 Å². The number of hydrogen-bond acceptors (Lipinski definition) is 3. The van der Waals surface area contributed by atoms with E-state index in [1.54, 1.807) is 6.20 Å². The lowest BCUT2D eigenvalue weighted by molar-refractivity contribution is -0.131. The monoisotopic (exact) mass is 184 g/mol. The number of carboxylic acid groups (broad SMARTS) is 1. The predicted octanol–water partition coefficient (Wildman–Crippen LogP) is 0.255. The van der Waals surface area contributed by atoms with Crippen molar-refractivity contribution in [2.75, 3.05) is 19.6 Å². The smallest absolute Gasteiger partial charge is 0.329 e. The quantitative estimate of drug-likeness (QED) is 0.617. The van der Waals surface area contributed by atoms with Crippen LogP contribution in [0.5, 0.6) is 0 Å². The van der Waals surface area contributed by atoms with E-state index in [-0.39, 0.29) is 5.41 Å². The Morgan fingerprint density at radius 3 is 2.92 bits per heavy atom. The lowest BCUT2D eigenvalue weighted by Gasteiger charge is -2.21. The van der Waals surface area contributed by atoms with E-state index in [1.165, 1.54) is 6.08 Å². The predicted molar refractivity (Wildman–Crippen MR) is 50.1 cm³/mol. The maximum absolute atomic E-state index is 10.2. The number of likely N-dealkylation sites (tertiary alicyclic amines) is 1. The topological polar surface area (TPSA) is 66.6 Å². The van der Waals surface area contributed by atoms with Gasteiger partial charge in [-0.15, -0.1) is 0 Å². The third kappa shape index (κ3) is 2.73. The van der Waals surface area contributed by atoms with Crippen LogP contribution in [0.25, 0.3) is 0 Å². The fraction of sp³-hybridized carbons (Fsp3) is 0.667. The molecule has 1 unspecified atom stereocenters. The number of nitrogens with two attached hydrogens (primary N) is 1. The van der Waals surface area contributed by atoms with Crippen LogP contribution in [0.2, 0.25) is 0 Å². The molecule has 1 aliphatic rings. The summed E-state index contributed by atoms with van der Waals surface area (Å²) in [6.45, 7) is 4.54. The summed E-state index contributed by atoms with van der Waals surface area (Å²) in [5, 5.41) is 8.42. The zero-order valence-corrected chi connectivity index (χ0v) is 7.86. The first kappa shape index (κ1) is 10.1. The van der Waals surface area contributed by atoms with Crippen molar-refractivity contribution < 1.29 is 9.90 Å². The molecule has 1 atom stereocenters. The minimum atomic E-state index is -0.902. The Kier molecular flexibility index (Phi) is 2.93. The van der Waals surface area contributed by atoms with Crippen LogP contribution in [0.3, 0.4) is 0 Å². The normalized spacial score (nSPS) is 28.6. The number of hydrogen-bond donors (Lipinski definition) is 2. The number of rotatable bonds is 3. The van der Waals surface area contributed by atoms with Gasteiger partial charge in [0, 0.05) is 25.4 Å². The van der Waals surface area contributed by atoms with E-state index in [4.69, 9.17) is 10.8 Å². The molecule has 74 valence electrons. The number of aliphatic carboxylic acids is 1. The van der Waals surface area contributed by atoms with Gasteiger partial charge in [-0.1, -0.05) is 6.92 Å². The largest absolute Gasteiger partial charge is 0.478 e. The van der Waals surface area contributed by atoms with Crippen molar-refractivity contribution in [2.24, 2.45) is 11.1 Å². The van der Waals surface area contributed by atoms with E-state index in [0.717, 1.165) is 19.5 Å². The summed E-state index contributed by atoms with van der Waals surface area (Å²) in [5.41, 5.74) is 5.77. The summed E-state index contributed by atoms with van der Waals surface area (Å²) < 4.78 is 0. The van der Waals surface area contributed by atoms with Crippen molar-refractivity contribution in [2.45, 2.75) is 13.3 Å². The Balaban J connectivity index is 2.46. The van der Waals surface area contributed by atoms with Gasteiger partial charge in [-0.05, 0) is 18.4 Å². The summed E-state index contributed by atoms with van der Waals surface area (Å²) in [6, 6.07) is 0. The van der Waals surface area contributed by atoms with Gasteiger partial charge in [0.15, 0.2) is 0 Å². The molecule has 0 aromatic heterocycles. The van der Waals surface area contributed by atoms with E-state index in [1.807, 2.05) is 4.90 Å². The molecule has 0 saturated carbocycles. The lowest BCUT2D eigenvalue weighted by Crippen LogP contribution is -2.29. The molecular formula is C9H16N2O2. The van der Waals surface area contributed by atoms with Gasteiger partial charge in [-0.2, -0.15) is 0 Å². The average molecular weight is 184 g/mol. The third-order valence-electron chi connectivity index (χ3n) is 2.51. The van der Waals surface area contributed by atoms with E-state index < -0.39 is 5.97 Å². The first-order chi connectivity index (χ1) is 6.06. The Morgan fingerprint density at radius 2 is 2.46 bits per heavy atom. The molecule has 1 heterocycles. The third-order valence-corrected chi connectivity index (χ3v) is 2.51. The highest BCUT2D eigenvalue weighted by molar-refractivity contribution is 5.79.